The smallest absolute Gasteiger partial charge is 0.0496 e. The van der Waals surface area contributed by atoms with Gasteiger partial charge in [-0.15, -0.1) is 0 Å². The van der Waals surface area contributed by atoms with Crippen molar-refractivity contribution in [2.75, 3.05) is 6.61 Å². The second kappa shape index (κ2) is 4.72. The zero-order valence-corrected chi connectivity index (χ0v) is 13.6. The van der Waals surface area contributed by atoms with Crippen molar-refractivity contribution >= 4 is 0 Å². The van der Waals surface area contributed by atoms with E-state index in [1.807, 2.05) is 0 Å². The fraction of sp³-hybridized carbons (Fsp3) is 0.800. The van der Waals surface area contributed by atoms with Crippen LogP contribution in [-0.4, -0.2) is 11.7 Å². The molecule has 0 aromatic carbocycles. The van der Waals surface area contributed by atoms with Crippen molar-refractivity contribution < 1.29 is 5.11 Å². The van der Waals surface area contributed by atoms with Gasteiger partial charge in [0.25, 0.3) is 0 Å². The summed E-state index contributed by atoms with van der Waals surface area (Å²) >= 11 is 0. The summed E-state index contributed by atoms with van der Waals surface area (Å²) in [7, 11) is 0. The van der Waals surface area contributed by atoms with Crippen LogP contribution in [0.2, 0.25) is 0 Å². The van der Waals surface area contributed by atoms with E-state index in [0.29, 0.717) is 17.9 Å². The third-order valence-electron chi connectivity index (χ3n) is 7.77. The molecule has 4 aliphatic rings. The Hall–Kier alpha value is -0.560. The van der Waals surface area contributed by atoms with Crippen LogP contribution in [0.5, 0.6) is 0 Å². The third-order valence-corrected chi connectivity index (χ3v) is 7.77. The molecule has 3 fully saturated rings. The molecule has 0 saturated heterocycles. The van der Waals surface area contributed by atoms with Crippen LogP contribution >= 0.6 is 0 Å². The minimum absolute atomic E-state index is 0.235. The van der Waals surface area contributed by atoms with Gasteiger partial charge >= 0.3 is 0 Å². The zero-order chi connectivity index (χ0) is 14.7. The maximum Gasteiger partial charge on any atom is 0.0496 e. The molecular weight excluding hydrogens is 256 g/mol. The molecule has 1 unspecified atom stereocenters. The average Bonchev–Trinajstić information content (AvgIpc) is 2.87. The van der Waals surface area contributed by atoms with Crippen molar-refractivity contribution in [1.82, 2.24) is 0 Å². The fourth-order valence-corrected chi connectivity index (χ4v) is 6.75. The van der Waals surface area contributed by atoms with E-state index in [1.54, 1.807) is 5.57 Å². The second-order valence-corrected chi connectivity index (χ2v) is 8.66. The predicted octanol–water partition coefficient (Wildman–Crippen LogP) is 4.72. The quantitative estimate of drug-likeness (QED) is 0.691. The number of aliphatic hydroxyl groups is 1. The van der Waals surface area contributed by atoms with Gasteiger partial charge in [-0.1, -0.05) is 44.1 Å². The van der Waals surface area contributed by atoms with E-state index in [9.17, 15) is 5.11 Å². The van der Waals surface area contributed by atoms with E-state index >= 15 is 0 Å². The monoisotopic (exact) mass is 286 g/mol. The summed E-state index contributed by atoms with van der Waals surface area (Å²) in [5.74, 6) is 3.00. The first-order chi connectivity index (χ1) is 10.1. The second-order valence-electron chi connectivity index (χ2n) is 8.66. The van der Waals surface area contributed by atoms with E-state index in [1.165, 1.54) is 38.5 Å². The molecule has 4 rings (SSSR count). The molecule has 1 N–H and O–H groups in total. The Morgan fingerprint density at radius 1 is 1.19 bits per heavy atom. The first-order valence-corrected chi connectivity index (χ1v) is 9.07. The standard InChI is InChI=1S/C20H30O/c1-19-9-5-7-17(19)15-12-14(13-21)16-6-3-4-10-20(16,2)18(15)8-11-19/h4,6,10,14-15,17-18,21H,3,5,7-9,11-13H2,1-2H3/t14?,15-,17-,18-,19-,20-/m0/s1. The van der Waals surface area contributed by atoms with Gasteiger partial charge in [0.2, 0.25) is 0 Å². The molecule has 0 amide bonds. The van der Waals surface area contributed by atoms with Crippen LogP contribution in [-0.2, 0) is 0 Å². The molecule has 0 heterocycles. The highest BCUT2D eigenvalue weighted by molar-refractivity contribution is 5.33. The summed E-state index contributed by atoms with van der Waals surface area (Å²) in [6.07, 6.45) is 16.8. The van der Waals surface area contributed by atoms with Crippen molar-refractivity contribution in [2.45, 2.75) is 58.8 Å². The average molecular weight is 286 g/mol. The van der Waals surface area contributed by atoms with Crippen molar-refractivity contribution in [3.63, 3.8) is 0 Å². The predicted molar refractivity (Wildman–Crippen MR) is 86.8 cm³/mol. The van der Waals surface area contributed by atoms with Crippen molar-refractivity contribution in [3.05, 3.63) is 23.8 Å². The van der Waals surface area contributed by atoms with Gasteiger partial charge < -0.3 is 5.11 Å². The molecule has 0 bridgehead atoms. The summed E-state index contributed by atoms with van der Waals surface area (Å²) in [4.78, 5) is 0. The molecule has 0 aliphatic heterocycles. The van der Waals surface area contributed by atoms with Gasteiger partial charge in [0.1, 0.15) is 0 Å². The Labute approximate surface area is 129 Å². The zero-order valence-electron chi connectivity index (χ0n) is 13.6. The van der Waals surface area contributed by atoms with Gasteiger partial charge in [0.05, 0.1) is 0 Å². The normalized spacial score (nSPS) is 51.9. The largest absolute Gasteiger partial charge is 0.396 e. The highest BCUT2D eigenvalue weighted by Gasteiger charge is 2.56. The van der Waals surface area contributed by atoms with Crippen LogP contribution in [0.3, 0.4) is 0 Å². The minimum atomic E-state index is 0.235. The molecule has 21 heavy (non-hydrogen) atoms. The van der Waals surface area contributed by atoms with Crippen LogP contribution in [0.15, 0.2) is 23.8 Å². The van der Waals surface area contributed by atoms with Crippen molar-refractivity contribution in [2.24, 2.45) is 34.5 Å². The summed E-state index contributed by atoms with van der Waals surface area (Å²) in [5.41, 5.74) is 2.41. The first-order valence-electron chi connectivity index (χ1n) is 9.07. The maximum atomic E-state index is 9.97. The fourth-order valence-electron chi connectivity index (χ4n) is 6.75. The number of rotatable bonds is 1. The van der Waals surface area contributed by atoms with E-state index < -0.39 is 0 Å². The SMILES string of the molecule is C[C@@]12CCC[C@H]1[C@@H]1CC(CO)C3=CCC=C[C@]3(C)[C@H]1CC2. The molecule has 0 spiro atoms. The van der Waals surface area contributed by atoms with Crippen LogP contribution in [0.4, 0.5) is 0 Å². The van der Waals surface area contributed by atoms with Crippen molar-refractivity contribution in [1.29, 1.82) is 0 Å². The van der Waals surface area contributed by atoms with E-state index in [0.717, 1.165) is 24.2 Å². The van der Waals surface area contributed by atoms with E-state index in [2.05, 4.69) is 32.1 Å². The molecule has 0 aromatic rings. The van der Waals surface area contributed by atoms with Gasteiger partial charge in [0, 0.05) is 17.9 Å². The van der Waals surface area contributed by atoms with E-state index in [-0.39, 0.29) is 5.41 Å². The number of hydrogen-bond acceptors (Lipinski definition) is 1. The molecular formula is C20H30O. The van der Waals surface area contributed by atoms with Crippen molar-refractivity contribution in [3.8, 4) is 0 Å². The topological polar surface area (TPSA) is 20.2 Å². The van der Waals surface area contributed by atoms with Gasteiger partial charge in [0.15, 0.2) is 0 Å². The van der Waals surface area contributed by atoms with Crippen LogP contribution in [0, 0.1) is 34.5 Å². The molecule has 3 saturated carbocycles. The minimum Gasteiger partial charge on any atom is -0.396 e. The summed E-state index contributed by atoms with van der Waals surface area (Å²) < 4.78 is 0. The lowest BCUT2D eigenvalue weighted by Crippen LogP contribution is -2.50. The Balaban J connectivity index is 1.74. The molecule has 0 aromatic heterocycles. The number of hydrogen-bond donors (Lipinski definition) is 1. The Morgan fingerprint density at radius 3 is 2.86 bits per heavy atom. The third kappa shape index (κ3) is 1.86. The highest BCUT2D eigenvalue weighted by Crippen LogP contribution is 2.65. The Bertz CT molecular complexity index is 490. The number of aliphatic hydroxyl groups excluding tert-OH is 1. The van der Waals surface area contributed by atoms with Gasteiger partial charge in [-0.25, -0.2) is 0 Å². The molecule has 1 nitrogen and oxygen atoms in total. The molecule has 4 aliphatic carbocycles. The molecule has 116 valence electrons. The Morgan fingerprint density at radius 2 is 2.05 bits per heavy atom. The number of allylic oxidation sites excluding steroid dienone is 3. The summed E-state index contributed by atoms with van der Waals surface area (Å²) in [5, 5.41) is 9.97. The van der Waals surface area contributed by atoms with Gasteiger partial charge in [-0.2, -0.15) is 0 Å². The van der Waals surface area contributed by atoms with Gasteiger partial charge in [-0.3, -0.25) is 0 Å². The first kappa shape index (κ1) is 14.1. The highest BCUT2D eigenvalue weighted by atomic mass is 16.3. The Kier molecular flexibility index (Phi) is 3.16. The lowest BCUT2D eigenvalue weighted by molar-refractivity contribution is -0.0352. The van der Waals surface area contributed by atoms with Crippen LogP contribution < -0.4 is 0 Å². The van der Waals surface area contributed by atoms with E-state index in [4.69, 9.17) is 0 Å². The van der Waals surface area contributed by atoms with Gasteiger partial charge in [-0.05, 0) is 61.7 Å². The summed E-state index contributed by atoms with van der Waals surface area (Å²) in [6, 6.07) is 0. The molecule has 0 radical (unpaired) electrons. The lowest BCUT2D eigenvalue weighted by atomic mass is 9.47. The molecule has 1 heteroatoms. The number of fused-ring (bicyclic) bond motifs is 5. The maximum absolute atomic E-state index is 9.97. The summed E-state index contributed by atoms with van der Waals surface area (Å²) in [6.45, 7) is 5.37. The van der Waals surface area contributed by atoms with Crippen LogP contribution in [0.25, 0.3) is 0 Å². The van der Waals surface area contributed by atoms with Crippen LogP contribution in [0.1, 0.15) is 58.8 Å². The lowest BCUT2D eigenvalue weighted by Gasteiger charge is -2.58. The molecule has 6 atom stereocenters.